The van der Waals surface area contributed by atoms with Gasteiger partial charge in [0.25, 0.3) is 0 Å². The van der Waals surface area contributed by atoms with Crippen molar-refractivity contribution in [2.45, 2.75) is 17.1 Å². The van der Waals surface area contributed by atoms with Gasteiger partial charge < -0.3 is 5.32 Å². The van der Waals surface area contributed by atoms with Gasteiger partial charge in [-0.2, -0.15) is 9.61 Å². The zero-order valence-corrected chi connectivity index (χ0v) is 21.3. The Bertz CT molecular complexity index is 1360. The van der Waals surface area contributed by atoms with Crippen LogP contribution in [0.4, 0.5) is 5.82 Å². The minimum absolute atomic E-state index is 0.219. The van der Waals surface area contributed by atoms with E-state index in [-0.39, 0.29) is 4.21 Å². The molecule has 0 spiro atoms. The lowest BCUT2D eigenvalue weighted by Gasteiger charge is -2.12. The molecule has 4 aromatic rings. The molecule has 2 N–H and O–H groups in total. The van der Waals surface area contributed by atoms with Crippen LogP contribution in [-0.2, 0) is 10.0 Å². The highest BCUT2D eigenvalue weighted by atomic mass is 79.9. The van der Waals surface area contributed by atoms with E-state index in [4.69, 9.17) is 23.2 Å². The van der Waals surface area contributed by atoms with E-state index in [0.29, 0.717) is 34.5 Å². The molecule has 0 aliphatic rings. The Balaban J connectivity index is 1.40. The van der Waals surface area contributed by atoms with Crippen LogP contribution in [0.5, 0.6) is 0 Å². The summed E-state index contributed by atoms with van der Waals surface area (Å²) in [4.78, 5) is 4.69. The molecule has 4 rings (SSSR count). The number of nitrogens with one attached hydrogen (secondary N) is 2. The number of fused-ring (bicyclic) bond motifs is 1. The van der Waals surface area contributed by atoms with E-state index in [1.807, 2.05) is 30.3 Å². The second-order valence-electron chi connectivity index (χ2n) is 6.82. The number of halogens is 3. The Morgan fingerprint density at radius 2 is 1.88 bits per heavy atom. The number of nitrogens with zero attached hydrogens (tertiary/aromatic N) is 3. The molecule has 3 aromatic heterocycles. The summed E-state index contributed by atoms with van der Waals surface area (Å²) in [6.45, 7) is 0.967. The first-order chi connectivity index (χ1) is 15.3. The predicted octanol–water partition coefficient (Wildman–Crippen LogP) is 5.70. The topological polar surface area (TPSA) is 88.4 Å². The van der Waals surface area contributed by atoms with Gasteiger partial charge in [-0.3, -0.25) is 0 Å². The van der Waals surface area contributed by atoms with Crippen molar-refractivity contribution in [3.05, 3.63) is 62.5 Å². The standard InChI is InChI=1S/C20H18BrCl2N5O2S2/c21-14-12-25-28-18(11-16(27-20(14)28)13-5-1-2-6-15(13)22)24-9-3-4-10-26-32(29,30)19-8-7-17(23)31-19/h1-2,5-8,11-12,24,26H,3-4,9-10H2. The minimum Gasteiger partial charge on any atom is -0.370 e. The van der Waals surface area contributed by atoms with E-state index in [0.717, 1.165) is 39.3 Å². The van der Waals surface area contributed by atoms with Gasteiger partial charge in [0.1, 0.15) is 10.0 Å². The SMILES string of the molecule is O=S(=O)(NCCCCNc1cc(-c2ccccc2Cl)nc2c(Br)cnn12)c1ccc(Cl)s1. The maximum atomic E-state index is 12.2. The van der Waals surface area contributed by atoms with Crippen LogP contribution >= 0.6 is 50.5 Å². The molecule has 0 unspecified atom stereocenters. The number of anilines is 1. The minimum atomic E-state index is -3.52. The summed E-state index contributed by atoms with van der Waals surface area (Å²) in [5.74, 6) is 0.768. The molecule has 3 heterocycles. The van der Waals surface area contributed by atoms with Crippen molar-refractivity contribution < 1.29 is 8.42 Å². The largest absolute Gasteiger partial charge is 0.370 e. The Morgan fingerprint density at radius 1 is 1.09 bits per heavy atom. The number of benzene rings is 1. The van der Waals surface area contributed by atoms with E-state index >= 15 is 0 Å². The van der Waals surface area contributed by atoms with Gasteiger partial charge in [0.2, 0.25) is 10.0 Å². The highest BCUT2D eigenvalue weighted by Gasteiger charge is 2.16. The zero-order chi connectivity index (χ0) is 22.7. The van der Waals surface area contributed by atoms with Crippen molar-refractivity contribution in [1.29, 1.82) is 0 Å². The fraction of sp³-hybridized carbons (Fsp3) is 0.200. The average Bonchev–Trinajstić information content (AvgIpc) is 3.37. The molecule has 32 heavy (non-hydrogen) atoms. The Labute approximate surface area is 208 Å². The first-order valence-corrected chi connectivity index (χ1v) is 13.5. The number of hydrogen-bond acceptors (Lipinski definition) is 6. The lowest BCUT2D eigenvalue weighted by atomic mass is 10.1. The number of rotatable bonds is 9. The van der Waals surface area contributed by atoms with Crippen LogP contribution in [0.1, 0.15) is 12.8 Å². The maximum Gasteiger partial charge on any atom is 0.250 e. The van der Waals surface area contributed by atoms with Crippen LogP contribution < -0.4 is 10.0 Å². The molecule has 0 radical (unpaired) electrons. The Kier molecular flexibility index (Phi) is 7.38. The van der Waals surface area contributed by atoms with Gasteiger partial charge in [-0.05, 0) is 47.0 Å². The van der Waals surface area contributed by atoms with E-state index in [2.05, 4.69) is 36.1 Å². The lowest BCUT2D eigenvalue weighted by molar-refractivity contribution is 0.579. The van der Waals surface area contributed by atoms with Gasteiger partial charge in [0.15, 0.2) is 5.65 Å². The number of thiophene rings is 1. The van der Waals surface area contributed by atoms with Gasteiger partial charge in [0, 0.05) is 29.7 Å². The van der Waals surface area contributed by atoms with Crippen LogP contribution in [-0.4, -0.2) is 36.1 Å². The van der Waals surface area contributed by atoms with Crippen LogP contribution in [0, 0.1) is 0 Å². The second-order valence-corrected chi connectivity index (χ2v) is 11.8. The third-order valence-electron chi connectivity index (χ3n) is 4.59. The molecule has 0 atom stereocenters. The van der Waals surface area contributed by atoms with Gasteiger partial charge in [-0.1, -0.05) is 41.4 Å². The van der Waals surface area contributed by atoms with E-state index in [1.54, 1.807) is 16.8 Å². The molecule has 0 saturated carbocycles. The summed E-state index contributed by atoms with van der Waals surface area (Å²) < 4.78 is 30.2. The van der Waals surface area contributed by atoms with E-state index in [9.17, 15) is 8.42 Å². The van der Waals surface area contributed by atoms with Crippen LogP contribution in [0.2, 0.25) is 9.36 Å². The molecule has 168 valence electrons. The van der Waals surface area contributed by atoms with Crippen LogP contribution in [0.25, 0.3) is 16.9 Å². The molecule has 7 nitrogen and oxygen atoms in total. The molecular weight excluding hydrogens is 557 g/mol. The van der Waals surface area contributed by atoms with Crippen molar-refractivity contribution in [1.82, 2.24) is 19.3 Å². The lowest BCUT2D eigenvalue weighted by Crippen LogP contribution is -2.24. The van der Waals surface area contributed by atoms with Crippen LogP contribution in [0.3, 0.4) is 0 Å². The summed E-state index contributed by atoms with van der Waals surface area (Å²) in [5, 5.41) is 8.35. The normalized spacial score (nSPS) is 11.8. The molecule has 0 aliphatic carbocycles. The second kappa shape index (κ2) is 10.1. The molecule has 0 bridgehead atoms. The summed E-state index contributed by atoms with van der Waals surface area (Å²) in [6, 6.07) is 12.5. The first kappa shape index (κ1) is 23.5. The predicted molar refractivity (Wildman–Crippen MR) is 133 cm³/mol. The fourth-order valence-corrected chi connectivity index (χ4v) is 6.24. The Hall–Kier alpha value is -1.69. The molecule has 1 aromatic carbocycles. The van der Waals surface area contributed by atoms with Crippen molar-refractivity contribution in [3.8, 4) is 11.3 Å². The third kappa shape index (κ3) is 5.27. The smallest absolute Gasteiger partial charge is 0.250 e. The van der Waals surface area contributed by atoms with E-state index < -0.39 is 10.0 Å². The zero-order valence-electron chi connectivity index (χ0n) is 16.6. The van der Waals surface area contributed by atoms with Crippen molar-refractivity contribution in [3.63, 3.8) is 0 Å². The molecular formula is C20H18BrCl2N5O2S2. The number of aromatic nitrogens is 3. The summed E-state index contributed by atoms with van der Waals surface area (Å²) >= 11 is 16.7. The number of hydrogen-bond donors (Lipinski definition) is 2. The number of unbranched alkanes of at least 4 members (excludes halogenated alkanes) is 1. The molecule has 0 aliphatic heterocycles. The molecule has 0 fully saturated rings. The fourth-order valence-electron chi connectivity index (χ4n) is 3.06. The molecule has 12 heteroatoms. The van der Waals surface area contributed by atoms with Gasteiger partial charge in [-0.15, -0.1) is 11.3 Å². The molecule has 0 amide bonds. The quantitative estimate of drug-likeness (QED) is 0.250. The summed E-state index contributed by atoms with van der Waals surface area (Å²) in [7, 11) is -3.52. The van der Waals surface area contributed by atoms with E-state index in [1.165, 1.54) is 6.07 Å². The highest BCUT2D eigenvalue weighted by Crippen LogP contribution is 2.30. The number of sulfonamides is 1. The van der Waals surface area contributed by atoms with Gasteiger partial charge >= 0.3 is 0 Å². The van der Waals surface area contributed by atoms with Crippen molar-refractivity contribution in [2.24, 2.45) is 0 Å². The monoisotopic (exact) mass is 573 g/mol. The Morgan fingerprint density at radius 3 is 2.62 bits per heavy atom. The highest BCUT2D eigenvalue weighted by molar-refractivity contribution is 9.10. The van der Waals surface area contributed by atoms with Crippen molar-refractivity contribution in [2.75, 3.05) is 18.4 Å². The molecule has 0 saturated heterocycles. The maximum absolute atomic E-state index is 12.2. The average molecular weight is 575 g/mol. The first-order valence-electron chi connectivity index (χ1n) is 9.63. The summed E-state index contributed by atoms with van der Waals surface area (Å²) in [5.41, 5.74) is 2.23. The van der Waals surface area contributed by atoms with Crippen LogP contribution in [0.15, 0.2) is 57.3 Å². The van der Waals surface area contributed by atoms with Crippen molar-refractivity contribution >= 4 is 72.0 Å². The third-order valence-corrected chi connectivity index (χ3v) is 8.67. The summed E-state index contributed by atoms with van der Waals surface area (Å²) in [6.07, 6.45) is 3.11. The van der Waals surface area contributed by atoms with Gasteiger partial charge in [-0.25, -0.2) is 18.1 Å². The van der Waals surface area contributed by atoms with Gasteiger partial charge in [0.05, 0.1) is 20.7 Å².